The third kappa shape index (κ3) is 9.90. The number of benzene rings is 17. The summed E-state index contributed by atoms with van der Waals surface area (Å²) in [4.78, 5) is 0. The van der Waals surface area contributed by atoms with Gasteiger partial charge in [0.25, 0.3) is 0 Å². The van der Waals surface area contributed by atoms with Crippen molar-refractivity contribution in [2.24, 2.45) is 0 Å². The minimum absolute atomic E-state index is 0.929. The molecule has 17 aromatic carbocycles. The van der Waals surface area contributed by atoms with E-state index in [2.05, 4.69) is 352 Å². The van der Waals surface area contributed by atoms with Gasteiger partial charge in [0.2, 0.25) is 0 Å². The van der Waals surface area contributed by atoms with E-state index in [9.17, 15) is 0 Å². The summed E-state index contributed by atoms with van der Waals surface area (Å²) in [5.41, 5.74) is 26.9. The van der Waals surface area contributed by atoms with E-state index in [4.69, 9.17) is 4.42 Å². The summed E-state index contributed by atoms with van der Waals surface area (Å²) in [6.45, 7) is 0. The summed E-state index contributed by atoms with van der Waals surface area (Å²) in [6, 6.07) is 128. The molecular weight excluding hydrogens is 1130 g/mol. The van der Waals surface area contributed by atoms with Crippen LogP contribution in [0.3, 0.4) is 0 Å². The molecule has 0 spiro atoms. The van der Waals surface area contributed by atoms with Crippen molar-refractivity contribution in [2.45, 2.75) is 6.42 Å². The van der Waals surface area contributed by atoms with Gasteiger partial charge in [-0.15, -0.1) is 0 Å². The Morgan fingerprint density at radius 1 is 0.160 bits per heavy atom. The zero-order chi connectivity index (χ0) is 62.1. The van der Waals surface area contributed by atoms with Crippen LogP contribution >= 0.6 is 0 Å². The van der Waals surface area contributed by atoms with Gasteiger partial charge in [-0.3, -0.25) is 0 Å². The number of rotatable bonds is 8. The highest BCUT2D eigenvalue weighted by Crippen LogP contribution is 2.46. The molecule has 94 heavy (non-hydrogen) atoms. The molecule has 18 aromatic rings. The molecule has 0 bridgehead atoms. The van der Waals surface area contributed by atoms with Gasteiger partial charge in [-0.2, -0.15) is 0 Å². The predicted molar refractivity (Wildman–Crippen MR) is 399 cm³/mol. The van der Waals surface area contributed by atoms with Crippen LogP contribution in [0.5, 0.6) is 0 Å². The van der Waals surface area contributed by atoms with E-state index >= 15 is 0 Å². The minimum atomic E-state index is 0.929. The first-order valence-electron chi connectivity index (χ1n) is 32.5. The Morgan fingerprint density at radius 3 is 1.04 bits per heavy atom. The fourth-order valence-electron chi connectivity index (χ4n) is 14.7. The van der Waals surface area contributed by atoms with Crippen molar-refractivity contribution in [2.75, 3.05) is 0 Å². The maximum atomic E-state index is 6.41. The molecule has 0 saturated carbocycles. The molecule has 1 heterocycles. The van der Waals surface area contributed by atoms with E-state index in [-0.39, 0.29) is 0 Å². The van der Waals surface area contributed by atoms with Crippen molar-refractivity contribution in [3.63, 3.8) is 0 Å². The summed E-state index contributed by atoms with van der Waals surface area (Å²) in [5, 5.41) is 15.1. The molecule has 0 amide bonds. The lowest BCUT2D eigenvalue weighted by Crippen LogP contribution is -1.89. The summed E-state index contributed by atoms with van der Waals surface area (Å²) in [5.74, 6) is 0. The van der Waals surface area contributed by atoms with Crippen molar-refractivity contribution < 1.29 is 4.42 Å². The lowest BCUT2D eigenvalue weighted by molar-refractivity contribution is 0.668. The summed E-state index contributed by atoms with van der Waals surface area (Å²) in [7, 11) is 0. The maximum Gasteiger partial charge on any atom is 0.135 e. The first-order chi connectivity index (χ1) is 46.5. The first kappa shape index (κ1) is 54.7. The standard InChI is InChI=1S/C50H32.C43H28O/c1-3-11-39-29-41(27-21-33(39)9-1)35-17-23-37(24-18-35)47-31-49-46-16-8-6-14-44(46)48(32-50(49)45-15-7-5-13-43(45)47)38-25-19-36(20-26-38)42-28-22-34-10-2-4-12-40(34)30-42;1-3-9-28(10-4-1)30-13-7-15-32(21-30)34-17-18-36-23-37-26-43-41(27-39(37)38(36)24-34)40-25-35(19-20-42(40)44-43)33-16-8-14-31(22-33)29-11-5-2-6-12-29/h1-32H;1-22,24-27H,23H2. The summed E-state index contributed by atoms with van der Waals surface area (Å²) >= 11 is 0. The van der Waals surface area contributed by atoms with Crippen LogP contribution in [0.25, 0.3) is 176 Å². The number of hydrogen-bond acceptors (Lipinski definition) is 1. The molecule has 0 N–H and O–H groups in total. The van der Waals surface area contributed by atoms with E-state index in [1.807, 2.05) is 0 Å². The molecule has 1 aromatic heterocycles. The van der Waals surface area contributed by atoms with E-state index in [1.54, 1.807) is 0 Å². The van der Waals surface area contributed by atoms with E-state index in [0.717, 1.165) is 23.0 Å². The summed E-state index contributed by atoms with van der Waals surface area (Å²) < 4.78 is 6.41. The normalized spacial score (nSPS) is 11.8. The SMILES string of the molecule is c1ccc(-c2cccc(-c3ccc4c(c3)-c3cc5c(cc3C4)oc3ccc(-c4cccc(-c6ccccc6)c4)cc35)c2)cc1.c1ccc2cc(-c3ccc(-c4cc5c6ccccc6c(-c6ccc(-c7ccc8ccccc8c7)cc6)cc5c5ccccc45)cc3)ccc2c1. The number of fused-ring (bicyclic) bond motifs is 13. The van der Waals surface area contributed by atoms with Gasteiger partial charge in [-0.1, -0.05) is 285 Å². The predicted octanol–water partition coefficient (Wildman–Crippen LogP) is 25.9. The molecule has 0 saturated heterocycles. The van der Waals surface area contributed by atoms with Crippen LogP contribution in [0.4, 0.5) is 0 Å². The van der Waals surface area contributed by atoms with Crippen LogP contribution in [0.1, 0.15) is 11.1 Å². The molecule has 1 aliphatic carbocycles. The van der Waals surface area contributed by atoms with Crippen molar-refractivity contribution in [3.8, 4) is 100 Å². The van der Waals surface area contributed by atoms with Gasteiger partial charge in [0, 0.05) is 10.8 Å². The third-order valence-electron chi connectivity index (χ3n) is 19.5. The third-order valence-corrected chi connectivity index (χ3v) is 19.5. The monoisotopic (exact) mass is 1190 g/mol. The first-order valence-corrected chi connectivity index (χ1v) is 32.5. The molecule has 1 nitrogen and oxygen atoms in total. The molecule has 19 rings (SSSR count). The van der Waals surface area contributed by atoms with Gasteiger partial charge in [0.1, 0.15) is 11.2 Å². The molecule has 0 aliphatic heterocycles. The number of furan rings is 1. The Kier molecular flexibility index (Phi) is 13.4. The van der Waals surface area contributed by atoms with Gasteiger partial charge in [0.15, 0.2) is 0 Å². The average molecular weight is 1190 g/mol. The minimum Gasteiger partial charge on any atom is -0.456 e. The van der Waals surface area contributed by atoms with Crippen molar-refractivity contribution in [1.29, 1.82) is 0 Å². The van der Waals surface area contributed by atoms with Crippen LogP contribution in [0.2, 0.25) is 0 Å². The Bertz CT molecular complexity index is 5770. The van der Waals surface area contributed by atoms with Crippen molar-refractivity contribution in [1.82, 2.24) is 0 Å². The highest BCUT2D eigenvalue weighted by molar-refractivity contribution is 6.24. The Hall–Kier alpha value is -12.2. The zero-order valence-electron chi connectivity index (χ0n) is 51.6. The van der Waals surface area contributed by atoms with Gasteiger partial charge in [-0.25, -0.2) is 0 Å². The van der Waals surface area contributed by atoms with Gasteiger partial charge < -0.3 is 4.42 Å². The van der Waals surface area contributed by atoms with Crippen LogP contribution < -0.4 is 0 Å². The Balaban J connectivity index is 0.000000139. The van der Waals surface area contributed by atoms with Crippen molar-refractivity contribution >= 4 is 75.8 Å². The number of hydrogen-bond donors (Lipinski definition) is 0. The van der Waals surface area contributed by atoms with Crippen molar-refractivity contribution in [3.05, 3.63) is 363 Å². The largest absolute Gasteiger partial charge is 0.456 e. The van der Waals surface area contributed by atoms with E-state index in [1.165, 1.54) is 171 Å². The topological polar surface area (TPSA) is 13.1 Å². The smallest absolute Gasteiger partial charge is 0.135 e. The molecule has 0 unspecified atom stereocenters. The second kappa shape index (κ2) is 23.0. The van der Waals surface area contributed by atoms with Gasteiger partial charge in [0.05, 0.1) is 0 Å². The fourth-order valence-corrected chi connectivity index (χ4v) is 14.7. The van der Waals surface area contributed by atoms with Gasteiger partial charge >= 0.3 is 0 Å². The van der Waals surface area contributed by atoms with E-state index < -0.39 is 0 Å². The van der Waals surface area contributed by atoms with Crippen LogP contribution in [-0.4, -0.2) is 0 Å². The Labute approximate surface area is 546 Å². The van der Waals surface area contributed by atoms with Crippen LogP contribution in [-0.2, 0) is 6.42 Å². The molecule has 438 valence electrons. The van der Waals surface area contributed by atoms with Gasteiger partial charge in [-0.05, 0) is 238 Å². The lowest BCUT2D eigenvalue weighted by atomic mass is 9.87. The van der Waals surface area contributed by atoms with E-state index in [0.29, 0.717) is 0 Å². The summed E-state index contributed by atoms with van der Waals surface area (Å²) in [6.07, 6.45) is 0.930. The zero-order valence-corrected chi connectivity index (χ0v) is 51.6. The second-order valence-corrected chi connectivity index (χ2v) is 25.1. The van der Waals surface area contributed by atoms with Crippen LogP contribution in [0.15, 0.2) is 356 Å². The lowest BCUT2D eigenvalue weighted by Gasteiger charge is -2.16. The highest BCUT2D eigenvalue weighted by atomic mass is 16.3. The quantitative estimate of drug-likeness (QED) is 0.138. The second-order valence-electron chi connectivity index (χ2n) is 25.1. The molecule has 1 aliphatic rings. The fraction of sp³-hybridized carbons (Fsp3) is 0.0108. The molecular formula is C93H60O. The molecule has 0 atom stereocenters. The molecule has 0 radical (unpaired) electrons. The Morgan fingerprint density at radius 2 is 0.511 bits per heavy atom. The molecule has 1 heteroatoms. The van der Waals surface area contributed by atoms with Crippen LogP contribution in [0, 0.1) is 0 Å². The highest BCUT2D eigenvalue weighted by Gasteiger charge is 2.23. The average Bonchev–Trinajstić information content (AvgIpc) is 1.38. The molecule has 0 fully saturated rings. The maximum absolute atomic E-state index is 6.41.